The molecular weight excluding hydrogens is 706 g/mol. The summed E-state index contributed by atoms with van der Waals surface area (Å²) in [6, 6.07) is 5.08. The Labute approximate surface area is 316 Å². The first-order valence-corrected chi connectivity index (χ1v) is 18.1. The summed E-state index contributed by atoms with van der Waals surface area (Å²) in [6.45, 7) is 11.6. The molecule has 4 N–H and O–H groups in total. The molecule has 0 spiro atoms. The summed E-state index contributed by atoms with van der Waals surface area (Å²) in [5.74, 6) is -2.76. The summed E-state index contributed by atoms with van der Waals surface area (Å²) in [4.78, 5) is 85.3. The molecule has 17 nitrogen and oxygen atoms in total. The van der Waals surface area contributed by atoms with E-state index in [2.05, 4.69) is 21.3 Å². The molecule has 0 saturated heterocycles. The van der Waals surface area contributed by atoms with Gasteiger partial charge in [0, 0.05) is 43.8 Å². The van der Waals surface area contributed by atoms with E-state index in [1.54, 1.807) is 24.3 Å². The zero-order valence-electron chi connectivity index (χ0n) is 31.8. The summed E-state index contributed by atoms with van der Waals surface area (Å²) in [7, 11) is 0. The fourth-order valence-electron chi connectivity index (χ4n) is 4.42. The minimum Gasteiger partial charge on any atom is -0.461 e. The van der Waals surface area contributed by atoms with Crippen LogP contribution in [0.3, 0.4) is 0 Å². The number of imide groups is 1. The second-order valence-corrected chi connectivity index (χ2v) is 12.8. The fraction of sp³-hybridized carbons (Fsp3) is 0.595. The Morgan fingerprint density at radius 3 is 1.76 bits per heavy atom. The van der Waals surface area contributed by atoms with E-state index in [1.165, 1.54) is 26.0 Å². The average Bonchev–Trinajstić information content (AvgIpc) is 3.46. The second-order valence-electron chi connectivity index (χ2n) is 12.8. The lowest BCUT2D eigenvalue weighted by atomic mass is 9.99. The molecule has 54 heavy (non-hydrogen) atoms. The van der Waals surface area contributed by atoms with E-state index < -0.39 is 35.7 Å². The number of amides is 6. The molecule has 0 aliphatic carbocycles. The van der Waals surface area contributed by atoms with Gasteiger partial charge >= 0.3 is 5.97 Å². The molecule has 3 atom stereocenters. The SMILES string of the molecule is CC(C)C(C)C(=O)OCc1ccc(NC(=O)[C@H](C)NC(=O)[C@H](C)NC(=O)CCOCCOCCOCCOCCNC(=O)CCN2C(=O)C=CC2=O)cc1. The van der Waals surface area contributed by atoms with Gasteiger partial charge in [0.25, 0.3) is 11.8 Å². The molecule has 1 aliphatic heterocycles. The van der Waals surface area contributed by atoms with Gasteiger partial charge < -0.3 is 45.0 Å². The Kier molecular flexibility index (Phi) is 21.3. The van der Waals surface area contributed by atoms with Crippen molar-refractivity contribution in [3.8, 4) is 0 Å². The average molecular weight is 762 g/mol. The van der Waals surface area contributed by atoms with Crippen molar-refractivity contribution in [3.05, 3.63) is 42.0 Å². The molecule has 0 bridgehead atoms. The molecule has 1 heterocycles. The van der Waals surface area contributed by atoms with Gasteiger partial charge in [0.15, 0.2) is 0 Å². The van der Waals surface area contributed by atoms with Crippen LogP contribution in [0.1, 0.15) is 53.0 Å². The normalized spacial score (nSPS) is 14.1. The van der Waals surface area contributed by atoms with Gasteiger partial charge in [-0.2, -0.15) is 0 Å². The number of hydrogen-bond donors (Lipinski definition) is 4. The summed E-state index contributed by atoms with van der Waals surface area (Å²) in [5.41, 5.74) is 1.28. The lowest BCUT2D eigenvalue weighted by molar-refractivity contribution is -0.150. The van der Waals surface area contributed by atoms with Crippen LogP contribution in [0.15, 0.2) is 36.4 Å². The van der Waals surface area contributed by atoms with Crippen LogP contribution in [-0.2, 0) is 63.9 Å². The van der Waals surface area contributed by atoms with Gasteiger partial charge in [-0.1, -0.05) is 32.9 Å². The lowest BCUT2D eigenvalue weighted by Crippen LogP contribution is -2.50. The van der Waals surface area contributed by atoms with E-state index in [0.717, 1.165) is 10.5 Å². The third-order valence-corrected chi connectivity index (χ3v) is 8.12. The van der Waals surface area contributed by atoms with Crippen LogP contribution in [0.2, 0.25) is 0 Å². The third kappa shape index (κ3) is 18.4. The molecule has 0 radical (unpaired) electrons. The maximum absolute atomic E-state index is 12.6. The van der Waals surface area contributed by atoms with Gasteiger partial charge in [0.1, 0.15) is 18.7 Å². The Balaban J connectivity index is 1.43. The Bertz CT molecular complexity index is 1400. The van der Waals surface area contributed by atoms with Gasteiger partial charge in [-0.25, -0.2) is 0 Å². The first-order valence-electron chi connectivity index (χ1n) is 18.1. The highest BCUT2D eigenvalue weighted by Gasteiger charge is 2.24. The minimum absolute atomic E-state index is 0.0211. The van der Waals surface area contributed by atoms with Crippen LogP contribution in [-0.4, -0.2) is 124 Å². The summed E-state index contributed by atoms with van der Waals surface area (Å²) in [5, 5.41) is 10.5. The number of nitrogens with zero attached hydrogens (tertiary/aromatic N) is 1. The molecule has 2 rings (SSSR count). The summed E-state index contributed by atoms with van der Waals surface area (Å²) in [6.07, 6.45) is 2.40. The quantitative estimate of drug-likeness (QED) is 0.0558. The van der Waals surface area contributed by atoms with Crippen LogP contribution >= 0.6 is 0 Å². The number of benzene rings is 1. The van der Waals surface area contributed by atoms with Crippen LogP contribution in [0.25, 0.3) is 0 Å². The predicted molar refractivity (Wildman–Crippen MR) is 195 cm³/mol. The number of anilines is 1. The molecule has 1 aliphatic rings. The van der Waals surface area contributed by atoms with Crippen molar-refractivity contribution < 1.29 is 57.2 Å². The molecule has 0 aromatic heterocycles. The molecular formula is C37H55N5O12. The highest BCUT2D eigenvalue weighted by Crippen LogP contribution is 2.15. The van der Waals surface area contributed by atoms with Crippen LogP contribution in [0.4, 0.5) is 5.69 Å². The first-order chi connectivity index (χ1) is 25.8. The van der Waals surface area contributed by atoms with E-state index in [-0.39, 0.29) is 82.0 Å². The van der Waals surface area contributed by atoms with E-state index in [1.807, 2.05) is 20.8 Å². The van der Waals surface area contributed by atoms with Crippen LogP contribution in [0.5, 0.6) is 0 Å². The molecule has 0 saturated carbocycles. The zero-order valence-corrected chi connectivity index (χ0v) is 31.8. The maximum Gasteiger partial charge on any atom is 0.309 e. The molecule has 1 aromatic carbocycles. The highest BCUT2D eigenvalue weighted by molar-refractivity contribution is 6.13. The van der Waals surface area contributed by atoms with Gasteiger partial charge in [0.05, 0.1) is 58.8 Å². The monoisotopic (exact) mass is 761 g/mol. The highest BCUT2D eigenvalue weighted by atomic mass is 16.6. The molecule has 6 amide bonds. The topological polar surface area (TPSA) is 217 Å². The number of rotatable bonds is 27. The fourth-order valence-corrected chi connectivity index (χ4v) is 4.42. The van der Waals surface area contributed by atoms with E-state index in [9.17, 15) is 33.6 Å². The van der Waals surface area contributed by atoms with Crippen molar-refractivity contribution in [1.82, 2.24) is 20.9 Å². The zero-order chi connectivity index (χ0) is 39.9. The van der Waals surface area contributed by atoms with Gasteiger partial charge in [-0.05, 0) is 37.5 Å². The van der Waals surface area contributed by atoms with Crippen LogP contribution in [0, 0.1) is 11.8 Å². The second kappa shape index (κ2) is 25.3. The number of esters is 1. The molecule has 1 unspecified atom stereocenters. The minimum atomic E-state index is -0.876. The van der Waals surface area contributed by atoms with Crippen molar-refractivity contribution in [2.45, 2.75) is 66.2 Å². The van der Waals surface area contributed by atoms with Crippen molar-refractivity contribution in [1.29, 1.82) is 0 Å². The third-order valence-electron chi connectivity index (χ3n) is 8.12. The number of hydrogen-bond acceptors (Lipinski definition) is 12. The van der Waals surface area contributed by atoms with Crippen molar-refractivity contribution in [2.24, 2.45) is 11.8 Å². The van der Waals surface area contributed by atoms with Crippen LogP contribution < -0.4 is 21.3 Å². The number of ether oxygens (including phenoxy) is 5. The lowest BCUT2D eigenvalue weighted by Gasteiger charge is -2.18. The number of carbonyl (C=O) groups excluding carboxylic acids is 7. The molecule has 17 heteroatoms. The smallest absolute Gasteiger partial charge is 0.309 e. The molecule has 300 valence electrons. The standard InChI is InChI=1S/C37H55N5O12/c1-25(2)26(3)37(49)54-24-29-6-8-30(9-7-29)41-36(48)28(5)40-35(47)27(4)39-32(44)13-16-50-18-20-52-22-23-53-21-19-51-17-14-38-31(43)12-15-42-33(45)10-11-34(42)46/h6-11,25-28H,12-24H2,1-5H3,(H,38,43)(H,39,44)(H,40,47)(H,41,48)/t26?,27-,28-/m0/s1. The Hall–Kier alpha value is -4.71. The Morgan fingerprint density at radius 2 is 1.19 bits per heavy atom. The van der Waals surface area contributed by atoms with Gasteiger partial charge in [-0.15, -0.1) is 0 Å². The number of carbonyl (C=O) groups is 7. The van der Waals surface area contributed by atoms with Gasteiger partial charge in [0.2, 0.25) is 23.6 Å². The first kappa shape index (κ1) is 45.4. The van der Waals surface area contributed by atoms with Crippen molar-refractivity contribution in [2.75, 3.05) is 71.3 Å². The molecule has 1 aromatic rings. The van der Waals surface area contributed by atoms with E-state index in [4.69, 9.17) is 23.7 Å². The number of nitrogens with one attached hydrogen (secondary N) is 4. The maximum atomic E-state index is 12.6. The van der Waals surface area contributed by atoms with Crippen molar-refractivity contribution in [3.63, 3.8) is 0 Å². The van der Waals surface area contributed by atoms with Gasteiger partial charge in [-0.3, -0.25) is 38.5 Å². The largest absolute Gasteiger partial charge is 0.461 e. The summed E-state index contributed by atoms with van der Waals surface area (Å²) >= 11 is 0. The van der Waals surface area contributed by atoms with E-state index >= 15 is 0 Å². The Morgan fingerprint density at radius 1 is 0.648 bits per heavy atom. The predicted octanol–water partition coefficient (Wildman–Crippen LogP) is 0.858. The van der Waals surface area contributed by atoms with Crippen molar-refractivity contribution >= 4 is 47.1 Å². The molecule has 0 fully saturated rings. The van der Waals surface area contributed by atoms with E-state index in [0.29, 0.717) is 38.7 Å². The summed E-state index contributed by atoms with van der Waals surface area (Å²) < 4.78 is 27.0.